The highest BCUT2D eigenvalue weighted by atomic mass is 16.2. The van der Waals surface area contributed by atoms with Gasteiger partial charge in [-0.05, 0) is 37.1 Å². The van der Waals surface area contributed by atoms with Crippen molar-refractivity contribution in [2.24, 2.45) is 39.7 Å². The minimum Gasteiger partial charge on any atom is -0.350 e. The van der Waals surface area contributed by atoms with Crippen molar-refractivity contribution in [2.75, 3.05) is 34.4 Å². The van der Waals surface area contributed by atoms with Gasteiger partial charge in [-0.15, -0.1) is 0 Å². The second-order valence-corrected chi connectivity index (χ2v) is 13.6. The number of unbranched alkanes of at least 4 members (excludes halogenated alkanes) is 2. The SMILES string of the molecule is Cn1cc(NC(=O)c2cc(NC(=O)CCCCCC(=O)Nc3cc(C(=O)Nc4cc(C(=O)NCCC(N)=[NH2+])n(C)c4)n(C)c3)cn2C)cc1C(=O)NCCC(N)=[NH2+]. The Bertz CT molecular complexity index is 2020. The minimum absolute atomic E-state index is 0.216. The van der Waals surface area contributed by atoms with Crippen molar-refractivity contribution in [2.45, 2.75) is 44.9 Å². The van der Waals surface area contributed by atoms with Gasteiger partial charge in [0.05, 0.1) is 35.6 Å². The number of nitrogens with one attached hydrogen (secondary N) is 6. The zero-order valence-corrected chi connectivity index (χ0v) is 32.5. The van der Waals surface area contributed by atoms with Crippen LogP contribution in [-0.2, 0) is 37.8 Å². The zero-order chi connectivity index (χ0) is 41.8. The predicted molar refractivity (Wildman–Crippen MR) is 214 cm³/mol. The lowest BCUT2D eigenvalue weighted by Gasteiger charge is -2.04. The van der Waals surface area contributed by atoms with Crippen LogP contribution in [0.2, 0.25) is 0 Å². The Hall–Kier alpha value is -7.12. The fourth-order valence-corrected chi connectivity index (χ4v) is 5.84. The summed E-state index contributed by atoms with van der Waals surface area (Å²) >= 11 is 0. The number of carbonyl (C=O) groups excluding carboxylic acids is 6. The molecule has 20 nitrogen and oxygen atoms in total. The summed E-state index contributed by atoms with van der Waals surface area (Å²) in [6, 6.07) is 6.21. The van der Waals surface area contributed by atoms with E-state index in [9.17, 15) is 28.8 Å². The lowest BCUT2D eigenvalue weighted by molar-refractivity contribution is -0.118. The molecule has 0 aliphatic heterocycles. The van der Waals surface area contributed by atoms with Crippen LogP contribution in [0, 0.1) is 0 Å². The van der Waals surface area contributed by atoms with Crippen molar-refractivity contribution in [1.29, 1.82) is 0 Å². The van der Waals surface area contributed by atoms with Crippen LogP contribution in [0.4, 0.5) is 22.7 Å². The molecule has 304 valence electrons. The number of rotatable bonds is 20. The highest BCUT2D eigenvalue weighted by Crippen LogP contribution is 2.20. The van der Waals surface area contributed by atoms with E-state index in [1.807, 2.05) is 0 Å². The van der Waals surface area contributed by atoms with Gasteiger partial charge in [0.25, 0.3) is 23.6 Å². The second-order valence-electron chi connectivity index (χ2n) is 13.6. The first-order valence-corrected chi connectivity index (χ1v) is 18.2. The molecule has 0 unspecified atom stereocenters. The summed E-state index contributed by atoms with van der Waals surface area (Å²) in [7, 11) is 6.72. The average molecular weight is 789 g/mol. The molecule has 4 rings (SSSR count). The molecule has 6 amide bonds. The molecule has 4 aromatic rings. The number of anilines is 4. The zero-order valence-electron chi connectivity index (χ0n) is 32.5. The van der Waals surface area contributed by atoms with E-state index in [4.69, 9.17) is 22.3 Å². The quantitative estimate of drug-likeness (QED) is 0.0286. The number of carbonyl (C=O) groups is 6. The number of hydrogen-bond acceptors (Lipinski definition) is 6. The third-order valence-corrected chi connectivity index (χ3v) is 8.74. The summed E-state index contributed by atoms with van der Waals surface area (Å²) in [5, 5.41) is 27.5. The number of hydrogen-bond donors (Lipinski definition) is 10. The molecule has 0 aliphatic rings. The minimum atomic E-state index is -0.427. The van der Waals surface area contributed by atoms with Crippen molar-refractivity contribution in [3.05, 3.63) is 71.8 Å². The molecule has 0 saturated carbocycles. The van der Waals surface area contributed by atoms with Gasteiger partial charge in [-0.1, -0.05) is 6.42 Å². The summed E-state index contributed by atoms with van der Waals surface area (Å²) in [4.78, 5) is 76.3. The summed E-state index contributed by atoms with van der Waals surface area (Å²) in [6.45, 7) is 0.557. The Morgan fingerprint density at radius 2 is 0.772 bits per heavy atom. The van der Waals surface area contributed by atoms with Crippen LogP contribution in [0.5, 0.6) is 0 Å². The van der Waals surface area contributed by atoms with Crippen molar-refractivity contribution in [3.63, 3.8) is 0 Å². The van der Waals surface area contributed by atoms with Crippen molar-refractivity contribution in [1.82, 2.24) is 28.9 Å². The third kappa shape index (κ3) is 12.5. The van der Waals surface area contributed by atoms with Crippen LogP contribution in [0.25, 0.3) is 0 Å². The van der Waals surface area contributed by atoms with E-state index in [1.54, 1.807) is 95.5 Å². The van der Waals surface area contributed by atoms with E-state index in [0.717, 1.165) is 0 Å². The standard InChI is InChI=1S/C37H50N14O6/c1-48-20-24(16-26(48)34(54)42-12-10-30(38)39)46-36(56)28-14-22(18-50(28)3)44-32(52)8-6-5-7-9-33(53)45-23-15-29(51(4)19-23)37(57)47-25-17-27(49(2)21-25)35(55)43-13-11-31(40)41/h14-21H,5-13H2,1-4H3,(H3,38,39)(H3,40,41)(H,42,54)(H,43,55)(H,44,52)(H,45,53)(H,46,56)(H,47,57)/p+2. The van der Waals surface area contributed by atoms with Crippen LogP contribution in [0.3, 0.4) is 0 Å². The Morgan fingerprint density at radius 1 is 0.474 bits per heavy atom. The predicted octanol–water partition coefficient (Wildman–Crippen LogP) is -1.45. The van der Waals surface area contributed by atoms with Crippen LogP contribution < -0.4 is 54.2 Å². The van der Waals surface area contributed by atoms with Gasteiger partial charge in [-0.3, -0.25) is 51.1 Å². The van der Waals surface area contributed by atoms with Gasteiger partial charge in [-0.25, -0.2) is 0 Å². The lowest BCUT2D eigenvalue weighted by atomic mass is 10.1. The van der Waals surface area contributed by atoms with Gasteiger partial charge in [0.2, 0.25) is 23.5 Å². The molecule has 0 saturated heterocycles. The molecular formula is C37H52N14O6+2. The largest absolute Gasteiger partial charge is 0.350 e. The Kier molecular flexibility index (Phi) is 14.6. The topological polar surface area (TPSA) is 298 Å². The third-order valence-electron chi connectivity index (χ3n) is 8.74. The summed E-state index contributed by atoms with van der Waals surface area (Å²) in [5.41, 5.74) is 13.9. The number of nitrogens with two attached hydrogens (primary N) is 4. The number of amidine groups is 2. The second kappa shape index (κ2) is 19.5. The van der Waals surface area contributed by atoms with Crippen LogP contribution >= 0.6 is 0 Å². The first kappa shape index (κ1) is 42.6. The molecule has 4 aromatic heterocycles. The first-order valence-electron chi connectivity index (χ1n) is 18.2. The molecule has 4 heterocycles. The molecule has 0 aromatic carbocycles. The number of aryl methyl sites for hydroxylation is 4. The molecule has 14 N–H and O–H groups in total. The number of aromatic nitrogens is 4. The van der Waals surface area contributed by atoms with Crippen LogP contribution in [-0.4, -0.2) is 78.5 Å². The molecule has 0 atom stereocenters. The number of amides is 6. The van der Waals surface area contributed by atoms with Crippen molar-refractivity contribution in [3.8, 4) is 0 Å². The summed E-state index contributed by atoms with van der Waals surface area (Å²) < 4.78 is 6.34. The summed E-state index contributed by atoms with van der Waals surface area (Å²) in [6.07, 6.45) is 9.30. The van der Waals surface area contributed by atoms with Gasteiger partial charge in [0.15, 0.2) is 0 Å². The maximum absolute atomic E-state index is 13.0. The Labute approximate surface area is 328 Å². The van der Waals surface area contributed by atoms with Gasteiger partial charge in [0, 0.05) is 78.9 Å². The monoisotopic (exact) mass is 788 g/mol. The molecule has 0 spiro atoms. The van der Waals surface area contributed by atoms with Gasteiger partial charge in [0.1, 0.15) is 22.8 Å². The van der Waals surface area contributed by atoms with E-state index in [1.165, 1.54) is 0 Å². The molecule has 0 aliphatic carbocycles. The van der Waals surface area contributed by atoms with Crippen molar-refractivity contribution < 1.29 is 39.6 Å². The molecule has 0 fully saturated rings. The first-order chi connectivity index (χ1) is 27.0. The van der Waals surface area contributed by atoms with Gasteiger partial charge in [-0.2, -0.15) is 0 Å². The normalized spacial score (nSPS) is 10.7. The molecule has 57 heavy (non-hydrogen) atoms. The fourth-order valence-electron chi connectivity index (χ4n) is 5.84. The summed E-state index contributed by atoms with van der Waals surface area (Å²) in [5.74, 6) is -1.57. The van der Waals surface area contributed by atoms with Crippen LogP contribution in [0.1, 0.15) is 86.9 Å². The molecule has 0 bridgehead atoms. The van der Waals surface area contributed by atoms with E-state index in [0.29, 0.717) is 77.6 Å². The Balaban J connectivity index is 1.16. The van der Waals surface area contributed by atoms with E-state index in [-0.39, 0.29) is 61.2 Å². The number of nitrogens with zero attached hydrogens (tertiary/aromatic N) is 4. The maximum atomic E-state index is 13.0. The van der Waals surface area contributed by atoms with Gasteiger partial charge >= 0.3 is 0 Å². The Morgan fingerprint density at radius 3 is 1.09 bits per heavy atom. The highest BCUT2D eigenvalue weighted by Gasteiger charge is 2.19. The van der Waals surface area contributed by atoms with Crippen molar-refractivity contribution >= 4 is 69.9 Å². The molecule has 20 heteroatoms. The maximum Gasteiger partial charge on any atom is 0.272 e. The van der Waals surface area contributed by atoms with Gasteiger partial charge < -0.3 is 50.2 Å². The molecule has 0 radical (unpaired) electrons. The van der Waals surface area contributed by atoms with E-state index < -0.39 is 11.8 Å². The van der Waals surface area contributed by atoms with E-state index >= 15 is 0 Å². The fraction of sp³-hybridized carbons (Fsp3) is 0.351. The lowest BCUT2D eigenvalue weighted by Crippen LogP contribution is -2.47. The average Bonchev–Trinajstić information content (AvgIpc) is 3.88. The van der Waals surface area contributed by atoms with Crippen LogP contribution in [0.15, 0.2) is 49.1 Å². The molecular weight excluding hydrogens is 736 g/mol. The van der Waals surface area contributed by atoms with E-state index in [2.05, 4.69) is 31.9 Å². The highest BCUT2D eigenvalue weighted by molar-refractivity contribution is 6.06. The smallest absolute Gasteiger partial charge is 0.272 e.